The van der Waals surface area contributed by atoms with Gasteiger partial charge in [0.1, 0.15) is 11.9 Å². The van der Waals surface area contributed by atoms with Crippen LogP contribution in [0.2, 0.25) is 0 Å². The van der Waals surface area contributed by atoms with E-state index in [4.69, 9.17) is 4.74 Å². The maximum absolute atomic E-state index is 12.2. The van der Waals surface area contributed by atoms with Gasteiger partial charge in [-0.3, -0.25) is 9.59 Å². The monoisotopic (exact) mass is 238 g/mol. The van der Waals surface area contributed by atoms with Crippen LogP contribution in [0, 0.1) is 10.8 Å². The maximum atomic E-state index is 12.2. The molecule has 0 aliphatic heterocycles. The van der Waals surface area contributed by atoms with Gasteiger partial charge in [-0.1, -0.05) is 26.8 Å². The lowest BCUT2D eigenvalue weighted by Crippen LogP contribution is -2.37. The van der Waals surface area contributed by atoms with Crippen molar-refractivity contribution in [1.29, 1.82) is 0 Å². The van der Waals surface area contributed by atoms with Crippen LogP contribution in [0.1, 0.15) is 47.0 Å². The Balaban J connectivity index is 2.88. The molecule has 96 valence electrons. The highest BCUT2D eigenvalue weighted by atomic mass is 16.5. The minimum Gasteiger partial charge on any atom is -0.463 e. The molecule has 0 aromatic rings. The Bertz CT molecular complexity index is 343. The molecule has 1 fully saturated rings. The zero-order valence-corrected chi connectivity index (χ0v) is 11.2. The summed E-state index contributed by atoms with van der Waals surface area (Å²) >= 11 is 0. The average Bonchev–Trinajstić information content (AvgIpc) is 2.36. The third-order valence-electron chi connectivity index (χ3n) is 4.15. The summed E-state index contributed by atoms with van der Waals surface area (Å²) in [7, 11) is 0. The smallest absolute Gasteiger partial charge is 0.302 e. The van der Waals surface area contributed by atoms with E-state index in [2.05, 4.69) is 20.4 Å². The number of rotatable bonds is 4. The third kappa shape index (κ3) is 2.59. The van der Waals surface area contributed by atoms with Crippen molar-refractivity contribution in [2.45, 2.75) is 53.1 Å². The van der Waals surface area contributed by atoms with E-state index in [9.17, 15) is 9.59 Å². The Morgan fingerprint density at radius 2 is 1.94 bits per heavy atom. The topological polar surface area (TPSA) is 43.4 Å². The number of ketones is 1. The molecule has 3 heteroatoms. The van der Waals surface area contributed by atoms with Gasteiger partial charge >= 0.3 is 5.97 Å². The highest BCUT2D eigenvalue weighted by Crippen LogP contribution is 2.54. The van der Waals surface area contributed by atoms with E-state index in [-0.39, 0.29) is 23.3 Å². The molecule has 0 heterocycles. The second kappa shape index (κ2) is 4.63. The number of ether oxygens (including phenoxy) is 1. The van der Waals surface area contributed by atoms with Crippen LogP contribution >= 0.6 is 0 Å². The van der Waals surface area contributed by atoms with Gasteiger partial charge in [-0.25, -0.2) is 0 Å². The minimum absolute atomic E-state index is 0.138. The molecule has 3 nitrogen and oxygen atoms in total. The fraction of sp³-hybridized carbons (Fsp3) is 0.714. The van der Waals surface area contributed by atoms with E-state index in [1.165, 1.54) is 6.92 Å². The summed E-state index contributed by atoms with van der Waals surface area (Å²) in [6, 6.07) is 0. The Hall–Kier alpha value is -1.12. The summed E-state index contributed by atoms with van der Waals surface area (Å²) in [5.41, 5.74) is -0.575. The molecule has 0 aromatic heterocycles. The lowest BCUT2D eigenvalue weighted by Gasteiger charge is -2.36. The number of hydrogen-bond acceptors (Lipinski definition) is 3. The van der Waals surface area contributed by atoms with Crippen molar-refractivity contribution in [2.75, 3.05) is 0 Å². The zero-order valence-electron chi connectivity index (χ0n) is 11.2. The van der Waals surface area contributed by atoms with E-state index in [1.807, 2.05) is 6.92 Å². The van der Waals surface area contributed by atoms with E-state index in [0.29, 0.717) is 12.8 Å². The molecular weight excluding hydrogens is 216 g/mol. The van der Waals surface area contributed by atoms with Gasteiger partial charge in [0.15, 0.2) is 0 Å². The van der Waals surface area contributed by atoms with Crippen LogP contribution in [0.15, 0.2) is 12.7 Å². The molecule has 0 saturated heterocycles. The van der Waals surface area contributed by atoms with Crippen molar-refractivity contribution in [1.82, 2.24) is 0 Å². The molecule has 1 saturated carbocycles. The summed E-state index contributed by atoms with van der Waals surface area (Å²) < 4.78 is 5.25. The van der Waals surface area contributed by atoms with Crippen LogP contribution in [0.3, 0.4) is 0 Å². The van der Waals surface area contributed by atoms with Crippen molar-refractivity contribution in [3.63, 3.8) is 0 Å². The number of allylic oxidation sites excluding steroid dienone is 1. The van der Waals surface area contributed by atoms with Crippen LogP contribution in [0.4, 0.5) is 0 Å². The fourth-order valence-corrected chi connectivity index (χ4v) is 2.76. The van der Waals surface area contributed by atoms with Crippen LogP contribution < -0.4 is 0 Å². The van der Waals surface area contributed by atoms with Crippen LogP contribution in [0.25, 0.3) is 0 Å². The molecule has 1 aliphatic rings. The summed E-state index contributed by atoms with van der Waals surface area (Å²) in [5, 5.41) is 0. The minimum atomic E-state index is -0.429. The molecule has 0 radical (unpaired) electrons. The molecule has 0 amide bonds. The van der Waals surface area contributed by atoms with E-state index in [0.717, 1.165) is 6.42 Å². The Labute approximate surface area is 103 Å². The molecule has 2 atom stereocenters. The predicted molar refractivity (Wildman–Crippen MR) is 66.5 cm³/mol. The third-order valence-corrected chi connectivity index (χ3v) is 4.15. The summed E-state index contributed by atoms with van der Waals surface area (Å²) in [6.45, 7) is 11.1. The molecular formula is C14H22O3. The molecule has 0 spiro atoms. The molecule has 1 aliphatic carbocycles. The van der Waals surface area contributed by atoms with E-state index >= 15 is 0 Å². The SMILES string of the molecule is C=CCC(=O)[C@]1(C)C[C@@H](OC(C)=O)CC1(C)C. The first kappa shape index (κ1) is 13.9. The van der Waals surface area contributed by atoms with Gasteiger partial charge in [0.2, 0.25) is 0 Å². The number of esters is 1. The van der Waals surface area contributed by atoms with Crippen LogP contribution in [-0.2, 0) is 14.3 Å². The highest BCUT2D eigenvalue weighted by molar-refractivity contribution is 5.87. The predicted octanol–water partition coefficient (Wildman–Crippen LogP) is 2.89. The Kier molecular flexibility index (Phi) is 3.80. The van der Waals surface area contributed by atoms with Crippen molar-refractivity contribution < 1.29 is 14.3 Å². The number of carbonyl (C=O) groups is 2. The van der Waals surface area contributed by atoms with Gasteiger partial charge in [-0.2, -0.15) is 0 Å². The first-order valence-electron chi connectivity index (χ1n) is 6.04. The van der Waals surface area contributed by atoms with Crippen LogP contribution in [0.5, 0.6) is 0 Å². The van der Waals surface area contributed by atoms with E-state index < -0.39 is 5.41 Å². The molecule has 0 aromatic carbocycles. The van der Waals surface area contributed by atoms with Crippen molar-refractivity contribution in [2.24, 2.45) is 10.8 Å². The van der Waals surface area contributed by atoms with Gasteiger partial charge in [0, 0.05) is 18.8 Å². The normalized spacial score (nSPS) is 30.9. The summed E-state index contributed by atoms with van der Waals surface area (Å²) in [4.78, 5) is 23.2. The Morgan fingerprint density at radius 1 is 1.35 bits per heavy atom. The second-order valence-electron chi connectivity index (χ2n) is 5.77. The van der Waals surface area contributed by atoms with Crippen molar-refractivity contribution >= 4 is 11.8 Å². The quantitative estimate of drug-likeness (QED) is 0.558. The maximum Gasteiger partial charge on any atom is 0.302 e. The number of Topliss-reactive ketones (excluding diaryl/α,β-unsaturated/α-hetero) is 1. The van der Waals surface area contributed by atoms with Gasteiger partial charge in [-0.05, 0) is 18.3 Å². The fourth-order valence-electron chi connectivity index (χ4n) is 2.76. The molecule has 0 bridgehead atoms. The second-order valence-corrected chi connectivity index (χ2v) is 5.77. The molecule has 0 unspecified atom stereocenters. The van der Waals surface area contributed by atoms with Crippen molar-refractivity contribution in [3.05, 3.63) is 12.7 Å². The van der Waals surface area contributed by atoms with Gasteiger partial charge in [0.05, 0.1) is 0 Å². The number of carbonyl (C=O) groups excluding carboxylic acids is 2. The van der Waals surface area contributed by atoms with Gasteiger partial charge in [0.25, 0.3) is 0 Å². The molecule has 1 rings (SSSR count). The van der Waals surface area contributed by atoms with E-state index in [1.54, 1.807) is 6.08 Å². The van der Waals surface area contributed by atoms with Gasteiger partial charge in [-0.15, -0.1) is 6.58 Å². The summed E-state index contributed by atoms with van der Waals surface area (Å²) in [5.74, 6) is -0.0848. The standard InChI is InChI=1S/C14H22O3/c1-6-7-12(16)14(5)9-11(17-10(2)15)8-13(14,3)4/h6,11H,1,7-9H2,2-5H3/t11-,14-/m0/s1. The van der Waals surface area contributed by atoms with Crippen molar-refractivity contribution in [3.8, 4) is 0 Å². The highest BCUT2D eigenvalue weighted by Gasteiger charge is 2.54. The zero-order chi connectivity index (χ0) is 13.3. The van der Waals surface area contributed by atoms with Crippen LogP contribution in [-0.4, -0.2) is 17.9 Å². The molecule has 17 heavy (non-hydrogen) atoms. The number of hydrogen-bond donors (Lipinski definition) is 0. The lowest BCUT2D eigenvalue weighted by atomic mass is 9.66. The first-order valence-corrected chi connectivity index (χ1v) is 6.04. The largest absolute Gasteiger partial charge is 0.463 e. The first-order chi connectivity index (χ1) is 7.73. The Morgan fingerprint density at radius 3 is 2.41 bits per heavy atom. The average molecular weight is 238 g/mol. The van der Waals surface area contributed by atoms with Gasteiger partial charge < -0.3 is 4.74 Å². The lowest BCUT2D eigenvalue weighted by molar-refractivity contribution is -0.147. The summed E-state index contributed by atoms with van der Waals surface area (Å²) in [6.07, 6.45) is 3.24. The molecule has 0 N–H and O–H groups in total.